The number of anilines is 1. The van der Waals surface area contributed by atoms with E-state index in [1.165, 1.54) is 12.1 Å². The third-order valence-corrected chi connectivity index (χ3v) is 5.80. The van der Waals surface area contributed by atoms with Gasteiger partial charge in [0, 0.05) is 0 Å². The van der Waals surface area contributed by atoms with Crippen LogP contribution in [0.25, 0.3) is 0 Å². The Bertz CT molecular complexity index is 1070. The number of hydrogen-bond donors (Lipinski definition) is 3. The second-order valence-electron chi connectivity index (χ2n) is 6.65. The smallest absolute Gasteiger partial charge is 0.337 e. The molecular weight excluding hydrogens is 402 g/mol. The molecule has 1 unspecified atom stereocenters. The Labute approximate surface area is 176 Å². The van der Waals surface area contributed by atoms with Crippen molar-refractivity contribution in [1.29, 1.82) is 0 Å². The Morgan fingerprint density at radius 3 is 2.07 bits per heavy atom. The predicted octanol–water partition coefficient (Wildman–Crippen LogP) is 3.35. The van der Waals surface area contributed by atoms with Crippen molar-refractivity contribution in [2.24, 2.45) is 0 Å². The van der Waals surface area contributed by atoms with Crippen LogP contribution < -0.4 is 15.2 Å². The maximum Gasteiger partial charge on any atom is 0.337 e. The van der Waals surface area contributed by atoms with Gasteiger partial charge >= 0.3 is 6.03 Å². The fraction of sp³-hybridized carbons (Fsp3) is 0.136. The average Bonchev–Trinajstić information content (AvgIpc) is 2.78. The number of carbonyl (C=O) groups is 1. The molecule has 30 heavy (non-hydrogen) atoms. The molecule has 0 aromatic heterocycles. The van der Waals surface area contributed by atoms with Crippen LogP contribution in [0.4, 0.5) is 10.5 Å². The number of nitrogens with zero attached hydrogens (tertiary/aromatic N) is 1. The number of urea groups is 1. The molecular formula is C22H23N3O4S. The molecule has 1 atom stereocenters. The van der Waals surface area contributed by atoms with Crippen LogP contribution >= 0.6 is 0 Å². The van der Waals surface area contributed by atoms with Gasteiger partial charge in [-0.3, -0.25) is 0 Å². The summed E-state index contributed by atoms with van der Waals surface area (Å²) in [4.78, 5) is 15.4. The largest absolute Gasteiger partial charge is 0.392 e. The van der Waals surface area contributed by atoms with Gasteiger partial charge in [-0.2, -0.15) is 0 Å². The third kappa shape index (κ3) is 5.24. The molecule has 0 saturated carbocycles. The van der Waals surface area contributed by atoms with E-state index in [9.17, 15) is 18.3 Å². The average molecular weight is 426 g/mol. The van der Waals surface area contributed by atoms with E-state index >= 15 is 0 Å². The van der Waals surface area contributed by atoms with Crippen LogP contribution in [0.15, 0.2) is 89.8 Å². The first-order valence-electron chi connectivity index (χ1n) is 9.33. The molecule has 0 heterocycles. The Hall–Kier alpha value is -3.20. The fourth-order valence-corrected chi connectivity index (χ4v) is 3.86. The number of carbonyl (C=O) groups excluding carboxylic acids is 1. The molecule has 7 nitrogen and oxygen atoms in total. The van der Waals surface area contributed by atoms with E-state index in [0.717, 1.165) is 10.6 Å². The van der Waals surface area contributed by atoms with Crippen LogP contribution in [0.1, 0.15) is 24.1 Å². The van der Waals surface area contributed by atoms with Gasteiger partial charge in [-0.25, -0.2) is 18.2 Å². The number of amides is 2. The lowest BCUT2D eigenvalue weighted by atomic mass is 10.1. The molecule has 3 rings (SSSR count). The molecule has 2 amide bonds. The maximum absolute atomic E-state index is 13.0. The van der Waals surface area contributed by atoms with E-state index in [-0.39, 0.29) is 17.5 Å². The summed E-state index contributed by atoms with van der Waals surface area (Å²) in [5.41, 5.74) is 1.83. The van der Waals surface area contributed by atoms with Crippen molar-refractivity contribution in [3.63, 3.8) is 0 Å². The molecule has 156 valence electrons. The third-order valence-electron chi connectivity index (χ3n) is 4.48. The first-order chi connectivity index (χ1) is 14.4. The van der Waals surface area contributed by atoms with Gasteiger partial charge in [0.2, 0.25) is 0 Å². The first-order valence-corrected chi connectivity index (χ1v) is 10.8. The normalized spacial score (nSPS) is 12.2. The summed E-state index contributed by atoms with van der Waals surface area (Å²) in [7, 11) is -4.00. The van der Waals surface area contributed by atoms with Crippen LogP contribution in [-0.2, 0) is 16.6 Å². The number of nitrogens with one attached hydrogen (secondary N) is 2. The Morgan fingerprint density at radius 2 is 1.50 bits per heavy atom. The lowest BCUT2D eigenvalue weighted by molar-refractivity contribution is 0.242. The van der Waals surface area contributed by atoms with Crippen LogP contribution in [0.2, 0.25) is 0 Å². The van der Waals surface area contributed by atoms with Crippen molar-refractivity contribution in [2.45, 2.75) is 24.5 Å². The van der Waals surface area contributed by atoms with Gasteiger partial charge in [-0.1, -0.05) is 60.7 Å². The SMILES string of the molecule is CC(NC(=O)N(NS(=O)(=O)c1ccccc1)c1ccc(CO)cc1)c1ccccc1. The van der Waals surface area contributed by atoms with Crippen molar-refractivity contribution in [2.75, 3.05) is 5.01 Å². The van der Waals surface area contributed by atoms with Gasteiger partial charge in [-0.15, -0.1) is 4.83 Å². The van der Waals surface area contributed by atoms with Gasteiger partial charge in [0.25, 0.3) is 10.0 Å². The topological polar surface area (TPSA) is 98.7 Å². The zero-order valence-electron chi connectivity index (χ0n) is 16.4. The summed E-state index contributed by atoms with van der Waals surface area (Å²) in [6.45, 7) is 1.65. The number of rotatable bonds is 7. The molecule has 0 spiro atoms. The van der Waals surface area contributed by atoms with E-state index in [1.807, 2.05) is 37.3 Å². The predicted molar refractivity (Wildman–Crippen MR) is 115 cm³/mol. The second kappa shape index (κ2) is 9.53. The van der Waals surface area contributed by atoms with Gasteiger partial charge in [0.05, 0.1) is 23.2 Å². The molecule has 0 bridgehead atoms. The van der Waals surface area contributed by atoms with E-state index in [4.69, 9.17) is 0 Å². The van der Waals surface area contributed by atoms with Gasteiger partial charge in [0.1, 0.15) is 0 Å². The minimum atomic E-state index is -4.00. The standard InChI is InChI=1S/C22H23N3O4S/c1-17(19-8-4-2-5-9-19)23-22(27)25(20-14-12-18(16-26)13-15-20)24-30(28,29)21-10-6-3-7-11-21/h2-15,17,24,26H,16H2,1H3,(H,23,27). The first kappa shape index (κ1) is 21.5. The fourth-order valence-electron chi connectivity index (χ4n) is 2.81. The zero-order valence-corrected chi connectivity index (χ0v) is 17.2. The van der Waals surface area contributed by atoms with E-state index < -0.39 is 16.1 Å². The number of aliphatic hydroxyl groups excluding tert-OH is 1. The molecule has 3 aromatic rings. The van der Waals surface area contributed by atoms with Gasteiger partial charge < -0.3 is 10.4 Å². The van der Waals surface area contributed by atoms with Gasteiger partial charge in [-0.05, 0) is 42.3 Å². The second-order valence-corrected chi connectivity index (χ2v) is 8.31. The van der Waals surface area contributed by atoms with Crippen molar-refractivity contribution < 1.29 is 18.3 Å². The highest BCUT2D eigenvalue weighted by molar-refractivity contribution is 7.89. The summed E-state index contributed by atoms with van der Waals surface area (Å²) in [5.74, 6) is 0. The number of benzene rings is 3. The van der Waals surface area contributed by atoms with E-state index in [2.05, 4.69) is 10.1 Å². The lowest BCUT2D eigenvalue weighted by Crippen LogP contribution is -2.51. The zero-order chi connectivity index (χ0) is 21.6. The summed E-state index contributed by atoms with van der Waals surface area (Å²) in [5, 5.41) is 13.0. The summed E-state index contributed by atoms with van der Waals surface area (Å²) < 4.78 is 25.7. The Balaban J connectivity index is 1.89. The highest BCUT2D eigenvalue weighted by Crippen LogP contribution is 2.18. The van der Waals surface area contributed by atoms with E-state index in [1.54, 1.807) is 42.5 Å². The quantitative estimate of drug-likeness (QED) is 0.506. The molecule has 0 aliphatic rings. The summed E-state index contributed by atoms with van der Waals surface area (Å²) >= 11 is 0. The van der Waals surface area contributed by atoms with Crippen molar-refractivity contribution in [3.8, 4) is 0 Å². The van der Waals surface area contributed by atoms with Crippen LogP contribution in [0.5, 0.6) is 0 Å². The summed E-state index contributed by atoms with van der Waals surface area (Å²) in [6, 6.07) is 22.5. The highest BCUT2D eigenvalue weighted by atomic mass is 32.2. The Morgan fingerprint density at radius 1 is 0.933 bits per heavy atom. The van der Waals surface area contributed by atoms with Crippen molar-refractivity contribution >= 4 is 21.7 Å². The van der Waals surface area contributed by atoms with E-state index in [0.29, 0.717) is 11.3 Å². The molecule has 8 heteroatoms. The molecule has 3 aromatic carbocycles. The number of aliphatic hydroxyl groups is 1. The molecule has 0 radical (unpaired) electrons. The molecule has 0 fully saturated rings. The summed E-state index contributed by atoms with van der Waals surface area (Å²) in [6.07, 6.45) is 0. The number of sulfonamides is 1. The lowest BCUT2D eigenvalue weighted by Gasteiger charge is -2.26. The van der Waals surface area contributed by atoms with Gasteiger partial charge in [0.15, 0.2) is 0 Å². The van der Waals surface area contributed by atoms with Crippen LogP contribution in [-0.4, -0.2) is 19.6 Å². The monoisotopic (exact) mass is 425 g/mol. The molecule has 0 aliphatic heterocycles. The number of hydrogen-bond acceptors (Lipinski definition) is 4. The van der Waals surface area contributed by atoms with Crippen LogP contribution in [0, 0.1) is 0 Å². The molecule has 0 saturated heterocycles. The molecule has 0 aliphatic carbocycles. The minimum absolute atomic E-state index is 0.0332. The van der Waals surface area contributed by atoms with Crippen molar-refractivity contribution in [3.05, 3.63) is 96.1 Å². The number of hydrazine groups is 1. The molecule has 3 N–H and O–H groups in total. The van der Waals surface area contributed by atoms with Crippen LogP contribution in [0.3, 0.4) is 0 Å². The van der Waals surface area contributed by atoms with Crippen molar-refractivity contribution in [1.82, 2.24) is 10.1 Å². The highest BCUT2D eigenvalue weighted by Gasteiger charge is 2.25. The maximum atomic E-state index is 13.0. The minimum Gasteiger partial charge on any atom is -0.392 e. The Kier molecular flexibility index (Phi) is 6.83.